The third-order valence-electron chi connectivity index (χ3n) is 16.6. The van der Waals surface area contributed by atoms with Gasteiger partial charge in [0.15, 0.2) is 0 Å². The van der Waals surface area contributed by atoms with E-state index in [2.05, 4.69) is 157 Å². The van der Waals surface area contributed by atoms with Gasteiger partial charge in [0.1, 0.15) is 11.2 Å². The van der Waals surface area contributed by atoms with Crippen molar-refractivity contribution in [1.82, 2.24) is 0 Å². The van der Waals surface area contributed by atoms with Gasteiger partial charge in [-0.1, -0.05) is 128 Å². The molecule has 286 valence electrons. The van der Waals surface area contributed by atoms with E-state index in [1.807, 2.05) is 0 Å². The summed E-state index contributed by atoms with van der Waals surface area (Å²) >= 11 is 0. The monoisotopic (exact) mass is 761 g/mol. The number of benzene rings is 7. The lowest BCUT2D eigenvalue weighted by Gasteiger charge is -2.61. The number of anilines is 3. The Morgan fingerprint density at radius 2 is 1.08 bits per heavy atom. The van der Waals surface area contributed by atoms with Crippen molar-refractivity contribution in [2.24, 2.45) is 23.7 Å². The number of rotatable bonds is 4. The van der Waals surface area contributed by atoms with E-state index in [9.17, 15) is 0 Å². The van der Waals surface area contributed by atoms with Crippen LogP contribution in [0.1, 0.15) is 80.0 Å². The molecule has 0 amide bonds. The van der Waals surface area contributed by atoms with Crippen molar-refractivity contribution in [2.75, 3.05) is 4.90 Å². The second kappa shape index (κ2) is 11.9. The Kier molecular flexibility index (Phi) is 6.65. The van der Waals surface area contributed by atoms with Crippen molar-refractivity contribution < 1.29 is 4.42 Å². The van der Waals surface area contributed by atoms with Gasteiger partial charge in [-0.2, -0.15) is 0 Å². The molecule has 2 spiro atoms. The first-order valence-corrected chi connectivity index (χ1v) is 22.5. The Labute approximate surface area is 346 Å². The van der Waals surface area contributed by atoms with E-state index >= 15 is 0 Å². The molecule has 7 aromatic carbocycles. The predicted octanol–water partition coefficient (Wildman–Crippen LogP) is 15.3. The minimum absolute atomic E-state index is 0.0439. The van der Waals surface area contributed by atoms with Crippen LogP contribution < -0.4 is 4.90 Å². The molecule has 0 aliphatic heterocycles. The molecule has 2 nitrogen and oxygen atoms in total. The summed E-state index contributed by atoms with van der Waals surface area (Å²) in [6.07, 6.45) is 12.0. The number of nitrogens with zero attached hydrogens (tertiary/aromatic N) is 1. The largest absolute Gasteiger partial charge is 0.455 e. The number of hydrogen-bond acceptors (Lipinski definition) is 2. The van der Waals surface area contributed by atoms with Crippen LogP contribution in [0.25, 0.3) is 55.3 Å². The van der Waals surface area contributed by atoms with Crippen LogP contribution in [0.2, 0.25) is 0 Å². The number of para-hydroxylation sites is 2. The van der Waals surface area contributed by atoms with E-state index in [0.29, 0.717) is 11.8 Å². The van der Waals surface area contributed by atoms with Crippen molar-refractivity contribution in [2.45, 2.75) is 68.6 Å². The highest BCUT2D eigenvalue weighted by Crippen LogP contribution is 2.71. The highest BCUT2D eigenvalue weighted by atomic mass is 16.3. The first-order chi connectivity index (χ1) is 29.2. The fourth-order valence-electron chi connectivity index (χ4n) is 14.7. The van der Waals surface area contributed by atoms with Crippen LogP contribution in [-0.2, 0) is 10.8 Å². The summed E-state index contributed by atoms with van der Waals surface area (Å²) in [6.45, 7) is 0. The molecule has 59 heavy (non-hydrogen) atoms. The number of hydrogen-bond donors (Lipinski definition) is 0. The van der Waals surface area contributed by atoms with Gasteiger partial charge < -0.3 is 9.32 Å². The van der Waals surface area contributed by atoms with Gasteiger partial charge in [0.05, 0.1) is 5.69 Å². The first kappa shape index (κ1) is 33.0. The number of fused-ring (bicyclic) bond motifs is 11. The van der Waals surface area contributed by atoms with E-state index in [1.165, 1.54) is 119 Å². The minimum atomic E-state index is 0.0439. The van der Waals surface area contributed by atoms with Crippen LogP contribution in [0.15, 0.2) is 156 Å². The molecular formula is C57H47NO. The average Bonchev–Trinajstić information content (AvgIpc) is 4.05. The van der Waals surface area contributed by atoms with E-state index in [1.54, 1.807) is 16.7 Å². The van der Waals surface area contributed by atoms with Crippen molar-refractivity contribution in [3.63, 3.8) is 0 Å². The lowest BCUT2D eigenvalue weighted by Crippen LogP contribution is -2.55. The minimum Gasteiger partial charge on any atom is -0.455 e. The fourth-order valence-corrected chi connectivity index (χ4v) is 14.7. The molecular weight excluding hydrogens is 715 g/mol. The van der Waals surface area contributed by atoms with Gasteiger partial charge in [-0.25, -0.2) is 0 Å². The standard InChI is InChI=1S/C57H47NO/c1-4-17-49-44(12-1)48-34-41(25-26-50(48)56(49)27-7-8-28-56)58(40-23-21-37(22-24-40)42-14-9-16-47-45-13-3-6-20-53(45)59-55(42)47)52-19-10-15-46-43-11-2-5-18-51(43)57(54(46)52)38-30-35-29-36(32-38)33-39(57)31-35/h1-6,9-26,34-36,38-39H,7-8,27-33H2. The van der Waals surface area contributed by atoms with Crippen LogP contribution in [0.3, 0.4) is 0 Å². The van der Waals surface area contributed by atoms with Gasteiger partial charge in [-0.3, -0.25) is 0 Å². The van der Waals surface area contributed by atoms with Crippen LogP contribution in [0, 0.1) is 23.7 Å². The normalized spacial score (nSPS) is 24.9. The van der Waals surface area contributed by atoms with Crippen LogP contribution in [-0.4, -0.2) is 0 Å². The molecule has 8 aromatic rings. The zero-order valence-electron chi connectivity index (χ0n) is 33.5. The quantitative estimate of drug-likeness (QED) is 0.178. The topological polar surface area (TPSA) is 16.4 Å². The summed E-state index contributed by atoms with van der Waals surface area (Å²) in [5.74, 6) is 3.16. The lowest BCUT2D eigenvalue weighted by molar-refractivity contribution is -0.0397. The van der Waals surface area contributed by atoms with E-state index in [4.69, 9.17) is 4.42 Å². The molecule has 5 fully saturated rings. The third kappa shape index (κ3) is 4.27. The van der Waals surface area contributed by atoms with Crippen LogP contribution in [0.5, 0.6) is 0 Å². The Hall–Kier alpha value is -5.86. The van der Waals surface area contributed by atoms with Gasteiger partial charge >= 0.3 is 0 Å². The molecule has 2 heteroatoms. The molecule has 7 aliphatic rings. The van der Waals surface area contributed by atoms with Crippen molar-refractivity contribution in [3.8, 4) is 33.4 Å². The van der Waals surface area contributed by atoms with Crippen molar-refractivity contribution >= 4 is 39.0 Å². The molecule has 4 bridgehead atoms. The molecule has 0 atom stereocenters. The summed E-state index contributed by atoms with van der Waals surface area (Å²) in [5, 5.41) is 2.34. The van der Waals surface area contributed by atoms with E-state index in [-0.39, 0.29) is 10.8 Å². The molecule has 7 aliphatic carbocycles. The molecule has 1 heterocycles. The van der Waals surface area contributed by atoms with Crippen molar-refractivity contribution in [3.05, 3.63) is 174 Å². The predicted molar refractivity (Wildman–Crippen MR) is 242 cm³/mol. The Morgan fingerprint density at radius 3 is 1.88 bits per heavy atom. The molecule has 0 saturated heterocycles. The van der Waals surface area contributed by atoms with Gasteiger partial charge in [-0.05, 0) is 155 Å². The zero-order chi connectivity index (χ0) is 38.5. The Morgan fingerprint density at radius 1 is 0.475 bits per heavy atom. The summed E-state index contributed by atoms with van der Waals surface area (Å²) in [7, 11) is 0. The molecule has 1 aromatic heterocycles. The maximum Gasteiger partial charge on any atom is 0.143 e. The molecule has 0 unspecified atom stereocenters. The SMILES string of the molecule is c1ccc2c(c1)-c1cc(N(c3ccc(-c4cccc5c4oc4ccccc45)cc3)c3cccc4c3C3(c5ccccc5-4)C4CC5CC(C4)CC3C5)ccc1C21CCCC1. The smallest absolute Gasteiger partial charge is 0.143 e. The maximum atomic E-state index is 6.55. The molecule has 15 rings (SSSR count). The lowest BCUT2D eigenvalue weighted by atomic mass is 9.43. The molecule has 5 saturated carbocycles. The zero-order valence-corrected chi connectivity index (χ0v) is 33.5. The summed E-state index contributed by atoms with van der Waals surface area (Å²) in [4.78, 5) is 2.66. The summed E-state index contributed by atoms with van der Waals surface area (Å²) in [5.41, 5.74) is 20.3. The first-order valence-electron chi connectivity index (χ1n) is 22.5. The fraction of sp³-hybridized carbons (Fsp3) is 0.263. The van der Waals surface area contributed by atoms with Gasteiger partial charge in [-0.15, -0.1) is 0 Å². The average molecular weight is 762 g/mol. The second-order valence-corrected chi connectivity index (χ2v) is 19.1. The Balaban J connectivity index is 0.994. The highest BCUT2D eigenvalue weighted by Gasteiger charge is 2.62. The number of furan rings is 1. The van der Waals surface area contributed by atoms with Gasteiger partial charge in [0.25, 0.3) is 0 Å². The third-order valence-corrected chi connectivity index (χ3v) is 16.6. The molecule has 0 N–H and O–H groups in total. The highest BCUT2D eigenvalue weighted by molar-refractivity contribution is 6.09. The van der Waals surface area contributed by atoms with Crippen LogP contribution in [0.4, 0.5) is 17.1 Å². The summed E-state index contributed by atoms with van der Waals surface area (Å²) < 4.78 is 6.55. The van der Waals surface area contributed by atoms with Gasteiger partial charge in [0, 0.05) is 38.5 Å². The van der Waals surface area contributed by atoms with E-state index < -0.39 is 0 Å². The molecule has 0 radical (unpaired) electrons. The van der Waals surface area contributed by atoms with Crippen LogP contribution >= 0.6 is 0 Å². The maximum absolute atomic E-state index is 6.55. The van der Waals surface area contributed by atoms with Gasteiger partial charge in [0.2, 0.25) is 0 Å². The second-order valence-electron chi connectivity index (χ2n) is 19.1. The summed E-state index contributed by atoms with van der Waals surface area (Å²) in [6, 6.07) is 58.1. The Bertz CT molecular complexity index is 3000. The van der Waals surface area contributed by atoms with E-state index in [0.717, 1.165) is 28.6 Å². The van der Waals surface area contributed by atoms with Crippen molar-refractivity contribution in [1.29, 1.82) is 0 Å².